The number of amides is 2. The number of benzene rings is 2. The first-order valence-corrected chi connectivity index (χ1v) is 10.5. The van der Waals surface area contributed by atoms with E-state index in [4.69, 9.17) is 4.74 Å². The van der Waals surface area contributed by atoms with Crippen LogP contribution in [0.3, 0.4) is 0 Å². The van der Waals surface area contributed by atoms with Crippen LogP contribution in [-0.4, -0.2) is 25.0 Å². The molecule has 0 aromatic heterocycles. The van der Waals surface area contributed by atoms with Gasteiger partial charge in [0.05, 0.1) is 11.3 Å². The Morgan fingerprint density at radius 3 is 2.29 bits per heavy atom. The first-order valence-electron chi connectivity index (χ1n) is 10.5. The number of rotatable bonds is 7. The molecular weight excluding hydrogens is 388 g/mol. The quantitative estimate of drug-likeness (QED) is 0.602. The zero-order valence-corrected chi connectivity index (χ0v) is 19.5. The highest BCUT2D eigenvalue weighted by Gasteiger charge is 2.23. The van der Waals surface area contributed by atoms with E-state index in [1.54, 1.807) is 30.3 Å². The minimum atomic E-state index is -0.330. The number of ether oxygens (including phenoxy) is 1. The van der Waals surface area contributed by atoms with Crippen molar-refractivity contribution < 1.29 is 14.3 Å². The fraction of sp³-hybridized carbons (Fsp3) is 0.385. The van der Waals surface area contributed by atoms with Crippen LogP contribution in [0.1, 0.15) is 63.0 Å². The molecule has 0 bridgehead atoms. The predicted octanol–water partition coefficient (Wildman–Crippen LogP) is 5.21. The smallest absolute Gasteiger partial charge is 0.262 e. The third-order valence-corrected chi connectivity index (χ3v) is 4.87. The van der Waals surface area contributed by atoms with E-state index in [2.05, 4.69) is 64.8 Å². The maximum Gasteiger partial charge on any atom is 0.262 e. The van der Waals surface area contributed by atoms with Gasteiger partial charge in [0, 0.05) is 6.54 Å². The van der Waals surface area contributed by atoms with E-state index in [0.717, 1.165) is 5.56 Å². The second-order valence-corrected chi connectivity index (χ2v) is 9.59. The number of carbonyl (C=O) groups excluding carboxylic acids is 2. The van der Waals surface area contributed by atoms with Gasteiger partial charge in [0.15, 0.2) is 6.61 Å². The minimum Gasteiger partial charge on any atom is -0.483 e. The molecule has 0 radical (unpaired) electrons. The van der Waals surface area contributed by atoms with Gasteiger partial charge in [-0.15, -0.1) is 6.58 Å². The van der Waals surface area contributed by atoms with Crippen LogP contribution in [-0.2, 0) is 15.6 Å². The molecule has 166 valence electrons. The molecule has 0 aliphatic carbocycles. The third-order valence-electron chi connectivity index (χ3n) is 4.87. The molecule has 2 aromatic carbocycles. The lowest BCUT2D eigenvalue weighted by atomic mass is 9.80. The maximum absolute atomic E-state index is 12.6. The van der Waals surface area contributed by atoms with Gasteiger partial charge in [-0.3, -0.25) is 9.59 Å². The standard InChI is InChI=1S/C26H34N2O3/c1-8-15-27-24(30)19-11-9-10-12-21(19)28-23(29)17-31-22-14-13-18(25(2,3)4)16-20(22)26(5,6)7/h8-14,16H,1,15,17H2,2-7H3,(H,27,30)(H,28,29). The van der Waals surface area contributed by atoms with Crippen LogP contribution in [0.15, 0.2) is 55.1 Å². The number of hydrogen-bond donors (Lipinski definition) is 2. The first kappa shape index (κ1) is 24.2. The van der Waals surface area contributed by atoms with Crippen molar-refractivity contribution in [2.75, 3.05) is 18.5 Å². The Hall–Kier alpha value is -3.08. The van der Waals surface area contributed by atoms with Crippen molar-refractivity contribution in [3.63, 3.8) is 0 Å². The molecule has 2 rings (SSSR count). The molecule has 2 amide bonds. The molecule has 0 atom stereocenters. The Kier molecular flexibility index (Phi) is 7.66. The molecular formula is C26H34N2O3. The molecule has 2 N–H and O–H groups in total. The van der Waals surface area contributed by atoms with Gasteiger partial charge in [0.1, 0.15) is 5.75 Å². The van der Waals surface area contributed by atoms with Crippen LogP contribution in [0.4, 0.5) is 5.69 Å². The molecule has 2 aromatic rings. The van der Waals surface area contributed by atoms with E-state index in [1.807, 2.05) is 12.1 Å². The third kappa shape index (κ3) is 6.71. The van der Waals surface area contributed by atoms with Gasteiger partial charge in [0.25, 0.3) is 11.8 Å². The molecule has 5 heteroatoms. The van der Waals surface area contributed by atoms with Crippen LogP contribution < -0.4 is 15.4 Å². The van der Waals surface area contributed by atoms with E-state index >= 15 is 0 Å². The van der Waals surface area contributed by atoms with Gasteiger partial charge in [-0.25, -0.2) is 0 Å². The maximum atomic E-state index is 12.6. The average Bonchev–Trinajstić information content (AvgIpc) is 2.69. The molecule has 0 saturated carbocycles. The molecule has 0 unspecified atom stereocenters. The Bertz CT molecular complexity index is 950. The lowest BCUT2D eigenvalue weighted by Crippen LogP contribution is -2.27. The highest BCUT2D eigenvalue weighted by molar-refractivity contribution is 6.04. The Balaban J connectivity index is 2.15. The number of hydrogen-bond acceptors (Lipinski definition) is 3. The van der Waals surface area contributed by atoms with E-state index in [9.17, 15) is 9.59 Å². The topological polar surface area (TPSA) is 67.4 Å². The summed E-state index contributed by atoms with van der Waals surface area (Å²) in [6, 6.07) is 13.0. The number of carbonyl (C=O) groups is 2. The lowest BCUT2D eigenvalue weighted by Gasteiger charge is -2.27. The molecule has 5 nitrogen and oxygen atoms in total. The van der Waals surface area contributed by atoms with E-state index in [0.29, 0.717) is 23.5 Å². The molecule has 0 heterocycles. The van der Waals surface area contributed by atoms with Gasteiger partial charge in [0.2, 0.25) is 0 Å². The van der Waals surface area contributed by atoms with Crippen molar-refractivity contribution >= 4 is 17.5 Å². The number of para-hydroxylation sites is 1. The van der Waals surface area contributed by atoms with Gasteiger partial charge >= 0.3 is 0 Å². The molecule has 0 aliphatic heterocycles. The second kappa shape index (κ2) is 9.82. The van der Waals surface area contributed by atoms with Crippen LogP contribution in [0, 0.1) is 0 Å². The first-order chi connectivity index (χ1) is 14.4. The SMILES string of the molecule is C=CCNC(=O)c1ccccc1NC(=O)COc1ccc(C(C)(C)C)cc1C(C)(C)C. The fourth-order valence-electron chi connectivity index (χ4n) is 3.09. The number of nitrogens with one attached hydrogen (secondary N) is 2. The normalized spacial score (nSPS) is 11.5. The highest BCUT2D eigenvalue weighted by atomic mass is 16.5. The van der Waals surface area contributed by atoms with Crippen molar-refractivity contribution in [2.24, 2.45) is 0 Å². The van der Waals surface area contributed by atoms with E-state index < -0.39 is 0 Å². The summed E-state index contributed by atoms with van der Waals surface area (Å²) >= 11 is 0. The highest BCUT2D eigenvalue weighted by Crippen LogP contribution is 2.35. The van der Waals surface area contributed by atoms with Gasteiger partial charge in [-0.2, -0.15) is 0 Å². The van der Waals surface area contributed by atoms with Crippen molar-refractivity contribution in [3.05, 3.63) is 71.8 Å². The second-order valence-electron chi connectivity index (χ2n) is 9.59. The summed E-state index contributed by atoms with van der Waals surface area (Å²) < 4.78 is 5.90. The predicted molar refractivity (Wildman–Crippen MR) is 127 cm³/mol. The summed E-state index contributed by atoms with van der Waals surface area (Å²) in [5.41, 5.74) is 2.99. The molecule has 0 saturated heterocycles. The fourth-order valence-corrected chi connectivity index (χ4v) is 3.09. The zero-order valence-electron chi connectivity index (χ0n) is 19.5. The van der Waals surface area contributed by atoms with Crippen LogP contribution in [0.5, 0.6) is 5.75 Å². The summed E-state index contributed by atoms with van der Waals surface area (Å²) in [5.74, 6) is 0.0842. The van der Waals surface area contributed by atoms with Crippen molar-refractivity contribution in [1.82, 2.24) is 5.32 Å². The Morgan fingerprint density at radius 2 is 1.68 bits per heavy atom. The monoisotopic (exact) mass is 422 g/mol. The summed E-state index contributed by atoms with van der Waals surface area (Å²) in [6.07, 6.45) is 1.60. The van der Waals surface area contributed by atoms with Crippen LogP contribution in [0.2, 0.25) is 0 Å². The molecule has 0 fully saturated rings. The Morgan fingerprint density at radius 1 is 1.00 bits per heavy atom. The minimum absolute atomic E-state index is 0.0196. The Labute approximate surface area is 185 Å². The summed E-state index contributed by atoms with van der Waals surface area (Å²) in [5, 5.41) is 5.50. The zero-order chi connectivity index (χ0) is 23.2. The van der Waals surface area contributed by atoms with E-state index in [1.165, 1.54) is 5.56 Å². The number of anilines is 1. The summed E-state index contributed by atoms with van der Waals surface area (Å²) in [4.78, 5) is 24.9. The lowest BCUT2D eigenvalue weighted by molar-refractivity contribution is -0.118. The molecule has 0 aliphatic rings. The largest absolute Gasteiger partial charge is 0.483 e. The summed E-state index contributed by atoms with van der Waals surface area (Å²) in [7, 11) is 0. The van der Waals surface area contributed by atoms with Crippen LogP contribution >= 0.6 is 0 Å². The van der Waals surface area contributed by atoms with Gasteiger partial charge in [-0.05, 0) is 40.2 Å². The van der Waals surface area contributed by atoms with Crippen molar-refractivity contribution in [1.29, 1.82) is 0 Å². The van der Waals surface area contributed by atoms with Crippen molar-refractivity contribution in [3.8, 4) is 5.75 Å². The molecule has 0 spiro atoms. The average molecular weight is 423 g/mol. The van der Waals surface area contributed by atoms with E-state index in [-0.39, 0.29) is 29.3 Å². The van der Waals surface area contributed by atoms with Crippen molar-refractivity contribution in [2.45, 2.75) is 52.4 Å². The molecule has 31 heavy (non-hydrogen) atoms. The van der Waals surface area contributed by atoms with Crippen LogP contribution in [0.25, 0.3) is 0 Å². The van der Waals surface area contributed by atoms with Gasteiger partial charge < -0.3 is 15.4 Å². The van der Waals surface area contributed by atoms with Gasteiger partial charge in [-0.1, -0.05) is 71.9 Å². The summed E-state index contributed by atoms with van der Waals surface area (Å²) in [6.45, 7) is 16.7.